The Morgan fingerprint density at radius 1 is 0.329 bits per heavy atom. The minimum atomic E-state index is -0.372. The van der Waals surface area contributed by atoms with Crippen LogP contribution in [0.1, 0.15) is 101 Å². The number of hydrogen-bond donors (Lipinski definition) is 0. The van der Waals surface area contributed by atoms with Crippen molar-refractivity contribution in [1.29, 1.82) is 0 Å². The minimum absolute atomic E-state index is 0.0425. The van der Waals surface area contributed by atoms with Crippen LogP contribution in [0.2, 0.25) is 0 Å². The van der Waals surface area contributed by atoms with Crippen molar-refractivity contribution in [2.75, 3.05) is 4.90 Å². The van der Waals surface area contributed by atoms with Gasteiger partial charge in [-0.2, -0.15) is 0 Å². The zero-order chi connectivity index (χ0) is 55.8. The van der Waals surface area contributed by atoms with Crippen LogP contribution >= 0.6 is 0 Å². The van der Waals surface area contributed by atoms with Crippen LogP contribution in [0.15, 0.2) is 227 Å². The lowest BCUT2D eigenvalue weighted by Gasteiger charge is -2.33. The van der Waals surface area contributed by atoms with Crippen LogP contribution in [0.4, 0.5) is 17.1 Å². The Labute approximate surface area is 480 Å². The highest BCUT2D eigenvalue weighted by Crippen LogP contribution is 2.61. The van der Waals surface area contributed by atoms with E-state index in [1.54, 1.807) is 0 Å². The van der Waals surface area contributed by atoms with E-state index < -0.39 is 0 Å². The average Bonchev–Trinajstić information content (AvgIpc) is 2.11. The fraction of sp³-hybridized carbons (Fsp3) is 0.165. The van der Waals surface area contributed by atoms with Crippen LogP contribution in [0, 0.1) is 0 Å². The summed E-state index contributed by atoms with van der Waals surface area (Å²) in [5.74, 6) is 0. The maximum Gasteiger partial charge on any atom is 0.143 e. The Kier molecular flexibility index (Phi) is 10.1. The maximum atomic E-state index is 6.97. The minimum Gasteiger partial charge on any atom is -0.456 e. The van der Waals surface area contributed by atoms with Gasteiger partial charge in [0.25, 0.3) is 0 Å². The second-order valence-electron chi connectivity index (χ2n) is 26.0. The van der Waals surface area contributed by atoms with Crippen molar-refractivity contribution >= 4 is 60.9 Å². The van der Waals surface area contributed by atoms with Gasteiger partial charge < -0.3 is 13.7 Å². The second-order valence-corrected chi connectivity index (χ2v) is 26.0. The van der Waals surface area contributed by atoms with Gasteiger partial charge in [-0.3, -0.25) is 0 Å². The van der Waals surface area contributed by atoms with Gasteiger partial charge in [0, 0.05) is 65.9 Å². The highest BCUT2D eigenvalue weighted by atomic mass is 16.3. The quantitative estimate of drug-likeness (QED) is 0.166. The first-order chi connectivity index (χ1) is 39.6. The van der Waals surface area contributed by atoms with Gasteiger partial charge in [-0.1, -0.05) is 220 Å². The fourth-order valence-electron chi connectivity index (χ4n) is 14.9. The second kappa shape index (κ2) is 16.9. The van der Waals surface area contributed by atoms with Crippen LogP contribution < -0.4 is 4.90 Å². The number of benzene rings is 11. The molecule has 82 heavy (non-hydrogen) atoms. The first-order valence-corrected chi connectivity index (χ1v) is 29.1. The van der Waals surface area contributed by atoms with Gasteiger partial charge in [0.1, 0.15) is 22.3 Å². The Bertz CT molecular complexity index is 4790. The SMILES string of the molecule is CC(C)(C)c1ccc(-c2cc3c(c4c2oc2ccccc24)-c2ccc(N(c4ccc5c(c4)C(C)(C)c4cc6c(cc4-5)C(C)(C)c4ccc5oc7ccccc7c5c4-6)c4c(-c5ccccc5)cccc4-c4ccccc4)cc2C3(C)C)cc1. The monoisotopic (exact) mass is 1060 g/mol. The Hall–Kier alpha value is -9.18. The number of nitrogens with zero attached hydrogens (tertiary/aromatic N) is 1. The van der Waals surface area contributed by atoms with Crippen LogP contribution in [0.3, 0.4) is 0 Å². The molecule has 3 aliphatic carbocycles. The van der Waals surface area contributed by atoms with Crippen molar-refractivity contribution in [2.45, 2.75) is 84.0 Å². The molecule has 0 saturated heterocycles. The lowest BCUT2D eigenvalue weighted by molar-refractivity contribution is 0.590. The van der Waals surface area contributed by atoms with Crippen LogP contribution in [0.5, 0.6) is 0 Å². The van der Waals surface area contributed by atoms with Crippen molar-refractivity contribution in [3.63, 3.8) is 0 Å². The topological polar surface area (TPSA) is 29.5 Å². The highest BCUT2D eigenvalue weighted by molar-refractivity contribution is 6.19. The van der Waals surface area contributed by atoms with Crippen LogP contribution in [-0.4, -0.2) is 0 Å². The van der Waals surface area contributed by atoms with Gasteiger partial charge in [0.05, 0.1) is 5.69 Å². The predicted octanol–water partition coefficient (Wildman–Crippen LogP) is 22.2. The van der Waals surface area contributed by atoms with E-state index in [9.17, 15) is 0 Å². The summed E-state index contributed by atoms with van der Waals surface area (Å²) in [5, 5.41) is 4.71. The number of anilines is 3. The zero-order valence-corrected chi connectivity index (χ0v) is 48.0. The Morgan fingerprint density at radius 3 is 1.46 bits per heavy atom. The average molecular weight is 1060 g/mol. The largest absolute Gasteiger partial charge is 0.456 e. The standard InChI is InChI=1S/C79H63NO2/c1-76(2,3)49-33-31-48(32-34-49)58-43-66-70(73-57-26-17-19-30-68(57)82-75(58)73)55-38-36-51(42-63(55)79(66,8)9)80(74-52(46-21-12-10-13-22-46)27-20-28-53(74)47-23-14-11-15-24-47)50-35-37-54-59-44-65-60(45-64(59)78(6,7)62(54)41-50)71-61(77(65,4)5)39-40-69-72(71)56-25-16-18-29-67(56)81-69/h10-45H,1-9H3. The molecule has 2 heterocycles. The highest BCUT2D eigenvalue weighted by Gasteiger charge is 2.44. The number of rotatable bonds is 6. The molecule has 0 bridgehead atoms. The van der Waals surface area contributed by atoms with Gasteiger partial charge >= 0.3 is 0 Å². The number of hydrogen-bond acceptors (Lipinski definition) is 3. The molecule has 3 nitrogen and oxygen atoms in total. The molecular formula is C79H63NO2. The molecule has 11 aromatic carbocycles. The van der Waals surface area contributed by atoms with Gasteiger partial charge in [0.2, 0.25) is 0 Å². The Morgan fingerprint density at radius 2 is 0.817 bits per heavy atom. The molecule has 0 amide bonds. The molecule has 3 heteroatoms. The van der Waals surface area contributed by atoms with Gasteiger partial charge in [-0.15, -0.1) is 0 Å². The summed E-state index contributed by atoms with van der Waals surface area (Å²) in [6, 6.07) is 81.6. The summed E-state index contributed by atoms with van der Waals surface area (Å²) in [7, 11) is 0. The lowest BCUT2D eigenvalue weighted by Crippen LogP contribution is -2.19. The van der Waals surface area contributed by atoms with E-state index in [-0.39, 0.29) is 21.7 Å². The van der Waals surface area contributed by atoms with Gasteiger partial charge in [-0.25, -0.2) is 0 Å². The van der Waals surface area contributed by atoms with Crippen molar-refractivity contribution in [3.8, 4) is 66.8 Å². The van der Waals surface area contributed by atoms with Gasteiger partial charge in [0.15, 0.2) is 0 Å². The summed E-state index contributed by atoms with van der Waals surface area (Å²) < 4.78 is 13.5. The molecule has 0 aliphatic heterocycles. The molecule has 0 spiro atoms. The van der Waals surface area contributed by atoms with Crippen molar-refractivity contribution in [3.05, 3.63) is 257 Å². The molecule has 0 atom stereocenters. The van der Waals surface area contributed by atoms with E-state index in [1.165, 1.54) is 88.5 Å². The molecule has 16 rings (SSSR count). The van der Waals surface area contributed by atoms with Crippen molar-refractivity contribution in [1.82, 2.24) is 0 Å². The lowest BCUT2D eigenvalue weighted by atomic mass is 9.79. The van der Waals surface area contributed by atoms with Crippen molar-refractivity contribution in [2.24, 2.45) is 0 Å². The first kappa shape index (κ1) is 48.7. The Balaban J connectivity index is 0.916. The van der Waals surface area contributed by atoms with Crippen LogP contribution in [0.25, 0.3) is 111 Å². The zero-order valence-electron chi connectivity index (χ0n) is 48.0. The summed E-state index contributed by atoms with van der Waals surface area (Å²) in [6.07, 6.45) is 0. The van der Waals surface area contributed by atoms with E-state index in [1.807, 2.05) is 0 Å². The first-order valence-electron chi connectivity index (χ1n) is 29.1. The fourth-order valence-corrected chi connectivity index (χ4v) is 14.9. The molecule has 0 fully saturated rings. The van der Waals surface area contributed by atoms with E-state index in [4.69, 9.17) is 8.83 Å². The summed E-state index contributed by atoms with van der Waals surface area (Å²) in [6.45, 7) is 21.3. The van der Waals surface area contributed by atoms with E-state index >= 15 is 0 Å². The number of furan rings is 2. The van der Waals surface area contributed by atoms with E-state index in [0.29, 0.717) is 0 Å². The summed E-state index contributed by atoms with van der Waals surface area (Å²) >= 11 is 0. The third-order valence-corrected chi connectivity index (χ3v) is 19.2. The molecule has 0 unspecified atom stereocenters. The van der Waals surface area contributed by atoms with Crippen molar-refractivity contribution < 1.29 is 8.83 Å². The number of para-hydroxylation sites is 3. The normalized spacial score (nSPS) is 14.9. The predicted molar refractivity (Wildman–Crippen MR) is 343 cm³/mol. The molecule has 2 aromatic heterocycles. The third-order valence-electron chi connectivity index (χ3n) is 19.2. The van der Waals surface area contributed by atoms with E-state index in [2.05, 4.69) is 286 Å². The molecule has 396 valence electrons. The molecular weight excluding hydrogens is 995 g/mol. The van der Waals surface area contributed by atoms with E-state index in [0.717, 1.165) is 78.2 Å². The smallest absolute Gasteiger partial charge is 0.143 e. The summed E-state index contributed by atoms with van der Waals surface area (Å²) in [4.78, 5) is 2.58. The van der Waals surface area contributed by atoms with Gasteiger partial charge in [-0.05, 0) is 155 Å². The molecule has 0 radical (unpaired) electrons. The molecule has 0 saturated carbocycles. The molecule has 3 aliphatic rings. The molecule has 0 N–H and O–H groups in total. The summed E-state index contributed by atoms with van der Waals surface area (Å²) in [5.41, 5.74) is 30.2. The van der Waals surface area contributed by atoms with Crippen LogP contribution in [-0.2, 0) is 21.7 Å². The molecule has 13 aromatic rings. The maximum absolute atomic E-state index is 6.97. The third kappa shape index (κ3) is 6.77. The number of fused-ring (bicyclic) bond motifs is 17.